The topological polar surface area (TPSA) is 0 Å². The van der Waals surface area contributed by atoms with Crippen LogP contribution in [0.2, 0.25) is 0 Å². The van der Waals surface area contributed by atoms with Gasteiger partial charge < -0.3 is 0 Å². The Morgan fingerprint density at radius 2 is 2.17 bits per heavy atom. The van der Waals surface area contributed by atoms with E-state index in [4.69, 9.17) is 0 Å². The highest BCUT2D eigenvalue weighted by Gasteiger charge is 2.02. The summed E-state index contributed by atoms with van der Waals surface area (Å²) in [7, 11) is 0. The molecular formula is C12H16. The van der Waals surface area contributed by atoms with Gasteiger partial charge in [-0.1, -0.05) is 43.9 Å². The lowest BCUT2D eigenvalue weighted by molar-refractivity contribution is 0.965. The van der Waals surface area contributed by atoms with Gasteiger partial charge in [0.2, 0.25) is 0 Å². The smallest absolute Gasteiger partial charge is 0.0268 e. The first-order valence-electron chi connectivity index (χ1n) is 4.57. The summed E-state index contributed by atoms with van der Waals surface area (Å²) in [5.74, 6) is 0. The summed E-state index contributed by atoms with van der Waals surface area (Å²) in [5, 5.41) is 0. The van der Waals surface area contributed by atoms with Crippen molar-refractivity contribution in [1.82, 2.24) is 0 Å². The molecule has 12 heavy (non-hydrogen) atoms. The molecule has 0 aromatic rings. The molecule has 1 aliphatic rings. The molecular weight excluding hydrogens is 144 g/mol. The number of hydrogen-bond donors (Lipinski definition) is 0. The predicted octanol–water partition coefficient (Wildman–Crippen LogP) is 3.79. The molecule has 0 heteroatoms. The van der Waals surface area contributed by atoms with Crippen molar-refractivity contribution in [2.75, 3.05) is 0 Å². The van der Waals surface area contributed by atoms with Crippen LogP contribution in [0.1, 0.15) is 26.2 Å². The van der Waals surface area contributed by atoms with E-state index in [1.54, 1.807) is 0 Å². The molecule has 0 amide bonds. The molecule has 0 atom stereocenters. The summed E-state index contributed by atoms with van der Waals surface area (Å²) < 4.78 is 0. The monoisotopic (exact) mass is 160 g/mol. The second kappa shape index (κ2) is 4.76. The summed E-state index contributed by atoms with van der Waals surface area (Å²) in [6.07, 6.45) is 14.1. The molecule has 64 valence electrons. The van der Waals surface area contributed by atoms with E-state index in [2.05, 4.69) is 31.7 Å². The minimum absolute atomic E-state index is 1.13. The van der Waals surface area contributed by atoms with E-state index in [0.717, 1.165) is 6.42 Å². The third kappa shape index (κ3) is 2.23. The molecule has 1 aliphatic carbocycles. The first kappa shape index (κ1) is 9.05. The molecule has 0 N–H and O–H groups in total. The van der Waals surface area contributed by atoms with Crippen LogP contribution in [-0.4, -0.2) is 0 Å². The molecule has 0 saturated heterocycles. The Morgan fingerprint density at radius 1 is 1.42 bits per heavy atom. The van der Waals surface area contributed by atoms with Crippen LogP contribution in [-0.2, 0) is 0 Å². The Morgan fingerprint density at radius 3 is 2.83 bits per heavy atom. The summed E-state index contributed by atoms with van der Waals surface area (Å²) in [6, 6.07) is 0. The van der Waals surface area contributed by atoms with Gasteiger partial charge in [-0.2, -0.15) is 0 Å². The highest BCUT2D eigenvalue weighted by Crippen LogP contribution is 2.22. The zero-order valence-corrected chi connectivity index (χ0v) is 7.72. The molecule has 0 bridgehead atoms. The van der Waals surface area contributed by atoms with E-state index in [0.29, 0.717) is 0 Å². The maximum absolute atomic E-state index is 3.66. The minimum atomic E-state index is 1.13. The fourth-order valence-corrected chi connectivity index (χ4v) is 1.44. The first-order chi connectivity index (χ1) is 5.88. The van der Waals surface area contributed by atoms with E-state index in [9.17, 15) is 0 Å². The highest BCUT2D eigenvalue weighted by atomic mass is 14.1. The number of allylic oxidation sites excluding steroid dienone is 7. The Kier molecular flexibility index (Phi) is 3.59. The average Bonchev–Trinajstić information content (AvgIpc) is 2.15. The van der Waals surface area contributed by atoms with Gasteiger partial charge in [-0.15, -0.1) is 0 Å². The van der Waals surface area contributed by atoms with Crippen LogP contribution >= 0.6 is 0 Å². The molecule has 0 spiro atoms. The van der Waals surface area contributed by atoms with Crippen LogP contribution in [0, 0.1) is 0 Å². The Labute approximate surface area is 75.0 Å². The summed E-state index contributed by atoms with van der Waals surface area (Å²) >= 11 is 0. The quantitative estimate of drug-likeness (QED) is 0.551. The summed E-state index contributed by atoms with van der Waals surface area (Å²) in [5.41, 5.74) is 2.85. The minimum Gasteiger partial charge on any atom is -0.0991 e. The van der Waals surface area contributed by atoms with Gasteiger partial charge in [-0.05, 0) is 30.4 Å². The Hall–Kier alpha value is -1.04. The van der Waals surface area contributed by atoms with Gasteiger partial charge in [0.15, 0.2) is 0 Å². The first-order valence-corrected chi connectivity index (χ1v) is 4.57. The van der Waals surface area contributed by atoms with Gasteiger partial charge in [0.1, 0.15) is 0 Å². The van der Waals surface area contributed by atoms with Crippen molar-refractivity contribution in [2.45, 2.75) is 26.2 Å². The van der Waals surface area contributed by atoms with Crippen molar-refractivity contribution in [2.24, 2.45) is 0 Å². The van der Waals surface area contributed by atoms with E-state index in [1.807, 2.05) is 12.2 Å². The Balaban J connectivity index is 2.73. The van der Waals surface area contributed by atoms with Crippen LogP contribution in [0.5, 0.6) is 0 Å². The maximum atomic E-state index is 3.66. The van der Waals surface area contributed by atoms with Gasteiger partial charge in [0, 0.05) is 0 Å². The largest absolute Gasteiger partial charge is 0.0991 e. The van der Waals surface area contributed by atoms with Crippen LogP contribution in [0.25, 0.3) is 0 Å². The maximum Gasteiger partial charge on any atom is -0.0268 e. The van der Waals surface area contributed by atoms with Crippen molar-refractivity contribution in [1.29, 1.82) is 0 Å². The number of hydrogen-bond acceptors (Lipinski definition) is 0. The standard InChI is InChI=1S/C12H16/c1-3-5-8-12-10-7-6-9-11(12)4-2/h3,5,8-10H,1,4,6-7H2,2H3/b8-5-. The van der Waals surface area contributed by atoms with Crippen molar-refractivity contribution in [3.63, 3.8) is 0 Å². The lowest BCUT2D eigenvalue weighted by atomic mass is 9.95. The average molecular weight is 160 g/mol. The van der Waals surface area contributed by atoms with E-state index < -0.39 is 0 Å². The van der Waals surface area contributed by atoms with Crippen LogP contribution < -0.4 is 0 Å². The zero-order chi connectivity index (χ0) is 8.81. The second-order valence-corrected chi connectivity index (χ2v) is 2.91. The van der Waals surface area contributed by atoms with Gasteiger partial charge >= 0.3 is 0 Å². The molecule has 0 aromatic carbocycles. The van der Waals surface area contributed by atoms with Gasteiger partial charge in [-0.25, -0.2) is 0 Å². The fraction of sp³-hybridized carbons (Fsp3) is 0.333. The van der Waals surface area contributed by atoms with Crippen LogP contribution in [0.15, 0.2) is 48.1 Å². The van der Waals surface area contributed by atoms with Crippen LogP contribution in [0.4, 0.5) is 0 Å². The van der Waals surface area contributed by atoms with Gasteiger partial charge in [0.05, 0.1) is 0 Å². The summed E-state index contributed by atoms with van der Waals surface area (Å²) in [6.45, 7) is 5.86. The van der Waals surface area contributed by atoms with Gasteiger partial charge in [-0.3, -0.25) is 0 Å². The molecule has 0 aliphatic heterocycles. The molecule has 0 heterocycles. The molecule has 0 radical (unpaired) electrons. The van der Waals surface area contributed by atoms with E-state index in [1.165, 1.54) is 24.0 Å². The third-order valence-electron chi connectivity index (χ3n) is 2.09. The van der Waals surface area contributed by atoms with Crippen molar-refractivity contribution >= 4 is 0 Å². The second-order valence-electron chi connectivity index (χ2n) is 2.91. The predicted molar refractivity (Wildman–Crippen MR) is 55.0 cm³/mol. The molecule has 0 fully saturated rings. The zero-order valence-electron chi connectivity index (χ0n) is 7.72. The highest BCUT2D eigenvalue weighted by molar-refractivity contribution is 5.42. The summed E-state index contributed by atoms with van der Waals surface area (Å²) in [4.78, 5) is 0. The van der Waals surface area contributed by atoms with Crippen molar-refractivity contribution < 1.29 is 0 Å². The van der Waals surface area contributed by atoms with Crippen molar-refractivity contribution in [3.05, 3.63) is 48.1 Å². The van der Waals surface area contributed by atoms with E-state index >= 15 is 0 Å². The lowest BCUT2D eigenvalue weighted by Crippen LogP contribution is -1.90. The number of rotatable bonds is 3. The van der Waals surface area contributed by atoms with E-state index in [-0.39, 0.29) is 0 Å². The van der Waals surface area contributed by atoms with Gasteiger partial charge in [0.25, 0.3) is 0 Å². The molecule has 0 saturated carbocycles. The SMILES string of the molecule is C=C/C=C\C1=CCCC=C1CC. The molecule has 0 unspecified atom stereocenters. The normalized spacial score (nSPS) is 17.4. The Bertz CT molecular complexity index is 239. The third-order valence-corrected chi connectivity index (χ3v) is 2.09. The molecule has 1 rings (SSSR count). The van der Waals surface area contributed by atoms with Crippen LogP contribution in [0.3, 0.4) is 0 Å². The molecule has 0 nitrogen and oxygen atoms in total. The fourth-order valence-electron chi connectivity index (χ4n) is 1.44. The lowest BCUT2D eigenvalue weighted by Gasteiger charge is -2.10. The molecule has 0 aromatic heterocycles. The van der Waals surface area contributed by atoms with Crippen molar-refractivity contribution in [3.8, 4) is 0 Å².